The number of benzene rings is 1. The van der Waals surface area contributed by atoms with E-state index < -0.39 is 5.41 Å². The Balaban J connectivity index is 1.66. The van der Waals surface area contributed by atoms with E-state index in [1.54, 1.807) is 24.4 Å². The fourth-order valence-corrected chi connectivity index (χ4v) is 3.42. The predicted octanol–water partition coefficient (Wildman–Crippen LogP) is 4.38. The molecule has 6 heteroatoms. The van der Waals surface area contributed by atoms with Gasteiger partial charge in [-0.2, -0.15) is 0 Å². The molecular formula is C24H32N4O2. The Labute approximate surface area is 179 Å². The average Bonchev–Trinajstić information content (AvgIpc) is 3.01. The summed E-state index contributed by atoms with van der Waals surface area (Å²) in [6.45, 7) is 8.00. The standard InChI is InChI=1S/C24H32N4O2/c1-24(2,3)23(30)27-20-11-7-6-10-19(20)22(29)26-17-18-12-13-25-21(16-18)28-14-8-4-5-9-15-28/h6-7,10-13,16H,4-5,8-9,14-15,17H2,1-3H3,(H,26,29)(H,27,30). The van der Waals surface area contributed by atoms with E-state index in [2.05, 4.69) is 26.6 Å². The summed E-state index contributed by atoms with van der Waals surface area (Å²) in [6.07, 6.45) is 6.74. The number of para-hydroxylation sites is 1. The van der Waals surface area contributed by atoms with Gasteiger partial charge in [-0.25, -0.2) is 4.98 Å². The first-order valence-electron chi connectivity index (χ1n) is 10.7. The Morgan fingerprint density at radius 1 is 1.03 bits per heavy atom. The van der Waals surface area contributed by atoms with E-state index in [0.29, 0.717) is 17.8 Å². The normalized spacial score (nSPS) is 14.7. The molecule has 1 aromatic heterocycles. The van der Waals surface area contributed by atoms with Crippen molar-refractivity contribution in [2.45, 2.75) is 53.0 Å². The molecular weight excluding hydrogens is 376 g/mol. The van der Waals surface area contributed by atoms with E-state index in [9.17, 15) is 9.59 Å². The third kappa shape index (κ3) is 5.81. The van der Waals surface area contributed by atoms with Gasteiger partial charge in [0.15, 0.2) is 0 Å². The summed E-state index contributed by atoms with van der Waals surface area (Å²) in [5.41, 5.74) is 1.45. The molecule has 0 atom stereocenters. The molecule has 160 valence electrons. The number of rotatable bonds is 5. The van der Waals surface area contributed by atoms with Crippen LogP contribution in [0.1, 0.15) is 62.4 Å². The van der Waals surface area contributed by atoms with Gasteiger partial charge in [-0.1, -0.05) is 45.7 Å². The van der Waals surface area contributed by atoms with Gasteiger partial charge in [0.25, 0.3) is 5.91 Å². The minimum Gasteiger partial charge on any atom is -0.357 e. The van der Waals surface area contributed by atoms with Crippen molar-refractivity contribution in [1.82, 2.24) is 10.3 Å². The van der Waals surface area contributed by atoms with E-state index in [0.717, 1.165) is 24.5 Å². The lowest BCUT2D eigenvalue weighted by Crippen LogP contribution is -2.30. The zero-order chi connectivity index (χ0) is 21.6. The molecule has 0 spiro atoms. The Bertz CT molecular complexity index is 881. The Hall–Kier alpha value is -2.89. The third-order valence-electron chi connectivity index (χ3n) is 5.29. The molecule has 1 aromatic carbocycles. The van der Waals surface area contributed by atoms with Crippen molar-refractivity contribution in [2.75, 3.05) is 23.3 Å². The number of amides is 2. The van der Waals surface area contributed by atoms with Crippen LogP contribution in [0.2, 0.25) is 0 Å². The molecule has 1 saturated heterocycles. The first kappa shape index (κ1) is 21.8. The maximum Gasteiger partial charge on any atom is 0.253 e. The minimum absolute atomic E-state index is 0.126. The van der Waals surface area contributed by atoms with Crippen LogP contribution in [0, 0.1) is 5.41 Å². The van der Waals surface area contributed by atoms with Crippen LogP contribution in [-0.4, -0.2) is 29.9 Å². The van der Waals surface area contributed by atoms with Gasteiger partial charge in [-0.3, -0.25) is 9.59 Å². The first-order valence-corrected chi connectivity index (χ1v) is 10.7. The highest BCUT2D eigenvalue weighted by Gasteiger charge is 2.23. The SMILES string of the molecule is CC(C)(C)C(=O)Nc1ccccc1C(=O)NCc1ccnc(N2CCCCCC2)c1. The summed E-state index contributed by atoms with van der Waals surface area (Å²) < 4.78 is 0. The van der Waals surface area contributed by atoms with Crippen LogP contribution < -0.4 is 15.5 Å². The number of nitrogens with one attached hydrogen (secondary N) is 2. The van der Waals surface area contributed by atoms with Crippen LogP contribution in [0.15, 0.2) is 42.6 Å². The molecule has 0 radical (unpaired) electrons. The van der Waals surface area contributed by atoms with E-state index in [-0.39, 0.29) is 11.8 Å². The predicted molar refractivity (Wildman–Crippen MR) is 121 cm³/mol. The van der Waals surface area contributed by atoms with Crippen LogP contribution >= 0.6 is 0 Å². The highest BCUT2D eigenvalue weighted by molar-refractivity contribution is 6.04. The molecule has 0 unspecified atom stereocenters. The van der Waals surface area contributed by atoms with Crippen LogP contribution in [-0.2, 0) is 11.3 Å². The van der Waals surface area contributed by atoms with Gasteiger partial charge in [0.2, 0.25) is 5.91 Å². The number of nitrogens with zero attached hydrogens (tertiary/aromatic N) is 2. The second-order valence-corrected chi connectivity index (χ2v) is 8.86. The molecule has 0 aliphatic carbocycles. The summed E-state index contributed by atoms with van der Waals surface area (Å²) in [7, 11) is 0. The third-order valence-corrected chi connectivity index (χ3v) is 5.29. The van der Waals surface area contributed by atoms with Gasteiger partial charge in [-0.05, 0) is 42.7 Å². The fourth-order valence-electron chi connectivity index (χ4n) is 3.42. The fraction of sp³-hybridized carbons (Fsp3) is 0.458. The quantitative estimate of drug-likeness (QED) is 0.770. The lowest BCUT2D eigenvalue weighted by Gasteiger charge is -2.22. The molecule has 2 aromatic rings. The number of pyridine rings is 1. The van der Waals surface area contributed by atoms with Gasteiger partial charge < -0.3 is 15.5 Å². The largest absolute Gasteiger partial charge is 0.357 e. The van der Waals surface area contributed by atoms with Crippen molar-refractivity contribution in [1.29, 1.82) is 0 Å². The average molecular weight is 409 g/mol. The number of anilines is 2. The van der Waals surface area contributed by atoms with Crippen molar-refractivity contribution in [2.24, 2.45) is 5.41 Å². The monoisotopic (exact) mass is 408 g/mol. The lowest BCUT2D eigenvalue weighted by molar-refractivity contribution is -0.123. The Morgan fingerprint density at radius 3 is 2.43 bits per heavy atom. The summed E-state index contributed by atoms with van der Waals surface area (Å²) in [6, 6.07) is 11.1. The molecule has 2 amide bonds. The van der Waals surface area contributed by atoms with Gasteiger partial charge in [0.1, 0.15) is 5.82 Å². The maximum atomic E-state index is 12.8. The van der Waals surface area contributed by atoms with Crippen molar-refractivity contribution < 1.29 is 9.59 Å². The zero-order valence-corrected chi connectivity index (χ0v) is 18.2. The Morgan fingerprint density at radius 2 is 1.73 bits per heavy atom. The van der Waals surface area contributed by atoms with E-state index in [1.165, 1.54) is 25.7 Å². The number of aromatic nitrogens is 1. The molecule has 1 aliphatic rings. The maximum absolute atomic E-state index is 12.8. The van der Waals surface area contributed by atoms with Crippen molar-refractivity contribution in [3.63, 3.8) is 0 Å². The molecule has 0 saturated carbocycles. The Kier molecular flexibility index (Phi) is 7.08. The second-order valence-electron chi connectivity index (χ2n) is 8.86. The molecule has 2 heterocycles. The number of hydrogen-bond donors (Lipinski definition) is 2. The van der Waals surface area contributed by atoms with Crippen molar-refractivity contribution in [3.05, 3.63) is 53.7 Å². The van der Waals surface area contributed by atoms with E-state index in [4.69, 9.17) is 0 Å². The highest BCUT2D eigenvalue weighted by atomic mass is 16.2. The van der Waals surface area contributed by atoms with E-state index >= 15 is 0 Å². The summed E-state index contributed by atoms with van der Waals surface area (Å²) in [4.78, 5) is 32.0. The van der Waals surface area contributed by atoms with Crippen molar-refractivity contribution in [3.8, 4) is 0 Å². The van der Waals surface area contributed by atoms with Crippen LogP contribution in [0.4, 0.5) is 11.5 Å². The molecule has 3 rings (SSSR count). The van der Waals surface area contributed by atoms with E-state index in [1.807, 2.05) is 32.9 Å². The van der Waals surface area contributed by atoms with Crippen LogP contribution in [0.5, 0.6) is 0 Å². The molecule has 0 bridgehead atoms. The van der Waals surface area contributed by atoms with Gasteiger partial charge >= 0.3 is 0 Å². The second kappa shape index (κ2) is 9.74. The van der Waals surface area contributed by atoms with Gasteiger partial charge in [-0.15, -0.1) is 0 Å². The number of carbonyl (C=O) groups is 2. The topological polar surface area (TPSA) is 74.3 Å². The number of carbonyl (C=O) groups excluding carboxylic acids is 2. The van der Waals surface area contributed by atoms with Crippen LogP contribution in [0.3, 0.4) is 0 Å². The minimum atomic E-state index is -0.537. The molecule has 1 fully saturated rings. The molecule has 1 aliphatic heterocycles. The molecule has 30 heavy (non-hydrogen) atoms. The van der Waals surface area contributed by atoms with Gasteiger partial charge in [0.05, 0.1) is 11.3 Å². The molecule has 2 N–H and O–H groups in total. The van der Waals surface area contributed by atoms with Crippen LogP contribution in [0.25, 0.3) is 0 Å². The zero-order valence-electron chi connectivity index (χ0n) is 18.2. The van der Waals surface area contributed by atoms with Crippen molar-refractivity contribution >= 4 is 23.3 Å². The number of hydrogen-bond acceptors (Lipinski definition) is 4. The summed E-state index contributed by atoms with van der Waals surface area (Å²) >= 11 is 0. The van der Waals surface area contributed by atoms with Gasteiger partial charge in [0, 0.05) is 31.2 Å². The molecule has 6 nitrogen and oxygen atoms in total. The summed E-state index contributed by atoms with van der Waals surface area (Å²) in [5, 5.41) is 5.84. The lowest BCUT2D eigenvalue weighted by atomic mass is 9.95. The first-order chi connectivity index (χ1) is 14.3. The highest BCUT2D eigenvalue weighted by Crippen LogP contribution is 2.21. The summed E-state index contributed by atoms with van der Waals surface area (Å²) in [5.74, 6) is 0.633. The smallest absolute Gasteiger partial charge is 0.253 e.